The number of anilines is 1. The zero-order chi connectivity index (χ0) is 14.7. The zero-order valence-electron chi connectivity index (χ0n) is 12.3. The molecule has 0 unspecified atom stereocenters. The number of rotatable bonds is 3. The summed E-state index contributed by atoms with van der Waals surface area (Å²) >= 11 is 0. The van der Waals surface area contributed by atoms with E-state index in [2.05, 4.69) is 36.3 Å². The van der Waals surface area contributed by atoms with Gasteiger partial charge in [0.15, 0.2) is 0 Å². The lowest BCUT2D eigenvalue weighted by molar-refractivity contribution is 0.582. The summed E-state index contributed by atoms with van der Waals surface area (Å²) in [4.78, 5) is 3.95. The van der Waals surface area contributed by atoms with E-state index in [1.54, 1.807) is 6.07 Å². The molecule has 2 aromatic rings. The van der Waals surface area contributed by atoms with Gasteiger partial charge in [0.1, 0.15) is 0 Å². The van der Waals surface area contributed by atoms with E-state index in [0.717, 1.165) is 22.5 Å². The summed E-state index contributed by atoms with van der Waals surface area (Å²) in [5, 5.41) is 3.37. The third kappa shape index (κ3) is 3.23. The molecule has 1 aromatic heterocycles. The lowest BCUT2D eigenvalue weighted by Gasteiger charge is -2.15. The molecule has 0 radical (unpaired) electrons. The fourth-order valence-corrected chi connectivity index (χ4v) is 2.08. The molecule has 0 aliphatic heterocycles. The van der Waals surface area contributed by atoms with E-state index < -0.39 is 5.95 Å². The summed E-state index contributed by atoms with van der Waals surface area (Å²) in [6, 6.07) is 11.0. The number of hydrogen-bond acceptors (Lipinski definition) is 2. The van der Waals surface area contributed by atoms with Crippen molar-refractivity contribution in [3.63, 3.8) is 0 Å². The van der Waals surface area contributed by atoms with Crippen LogP contribution in [-0.4, -0.2) is 4.98 Å². The number of nitrogens with one attached hydrogen (secondary N) is 1. The van der Waals surface area contributed by atoms with E-state index in [0.29, 0.717) is 5.69 Å². The number of benzene rings is 1. The van der Waals surface area contributed by atoms with Crippen LogP contribution in [0.15, 0.2) is 42.0 Å². The maximum absolute atomic E-state index is 13.3. The molecule has 2 rings (SSSR count). The maximum atomic E-state index is 13.3. The van der Waals surface area contributed by atoms with Crippen LogP contribution in [0.1, 0.15) is 30.7 Å². The second kappa shape index (κ2) is 5.87. The number of aromatic nitrogens is 1. The Bertz CT molecular complexity index is 656. The Hall–Kier alpha value is -2.16. The normalized spacial score (nSPS) is 10.2. The Labute approximate surface area is 119 Å². The number of hydrogen-bond donors (Lipinski definition) is 1. The van der Waals surface area contributed by atoms with Crippen molar-refractivity contribution in [3.05, 3.63) is 64.7 Å². The van der Waals surface area contributed by atoms with Crippen molar-refractivity contribution in [2.45, 2.75) is 27.7 Å². The second-order valence-corrected chi connectivity index (χ2v) is 5.16. The van der Waals surface area contributed by atoms with E-state index in [1.807, 2.05) is 26.0 Å². The molecule has 0 aliphatic carbocycles. The van der Waals surface area contributed by atoms with E-state index in [1.165, 1.54) is 11.6 Å². The van der Waals surface area contributed by atoms with Gasteiger partial charge >= 0.3 is 0 Å². The second-order valence-electron chi connectivity index (χ2n) is 5.16. The highest BCUT2D eigenvalue weighted by atomic mass is 19.1. The number of aryl methyl sites for hydroxylation is 2. The van der Waals surface area contributed by atoms with Crippen LogP contribution in [0.25, 0.3) is 5.70 Å². The zero-order valence-corrected chi connectivity index (χ0v) is 12.3. The van der Waals surface area contributed by atoms with Crippen molar-refractivity contribution in [3.8, 4) is 0 Å². The number of nitrogens with zero attached hydrogens (tertiary/aromatic N) is 1. The summed E-state index contributed by atoms with van der Waals surface area (Å²) in [6.07, 6.45) is 0. The van der Waals surface area contributed by atoms with Crippen molar-refractivity contribution in [1.29, 1.82) is 0 Å². The molecule has 0 saturated carbocycles. The van der Waals surface area contributed by atoms with Crippen LogP contribution in [0, 0.1) is 19.8 Å². The van der Waals surface area contributed by atoms with Crippen molar-refractivity contribution in [2.24, 2.45) is 0 Å². The Kier molecular flexibility index (Phi) is 4.18. The van der Waals surface area contributed by atoms with Crippen LogP contribution in [0.2, 0.25) is 0 Å². The first kappa shape index (κ1) is 14.3. The monoisotopic (exact) mass is 270 g/mol. The van der Waals surface area contributed by atoms with Gasteiger partial charge in [0, 0.05) is 5.69 Å². The van der Waals surface area contributed by atoms with Gasteiger partial charge in [0.25, 0.3) is 0 Å². The van der Waals surface area contributed by atoms with Gasteiger partial charge in [0.05, 0.1) is 11.4 Å². The van der Waals surface area contributed by atoms with E-state index >= 15 is 0 Å². The average molecular weight is 270 g/mol. The molecule has 3 heteroatoms. The van der Waals surface area contributed by atoms with Gasteiger partial charge in [-0.3, -0.25) is 0 Å². The smallest absolute Gasteiger partial charge is 0.213 e. The van der Waals surface area contributed by atoms with Gasteiger partial charge in [-0.05, 0) is 51.5 Å². The van der Waals surface area contributed by atoms with Crippen LogP contribution in [0.3, 0.4) is 0 Å². The molecule has 0 atom stereocenters. The summed E-state index contributed by atoms with van der Waals surface area (Å²) in [6.45, 7) is 8.08. The van der Waals surface area contributed by atoms with Crippen LogP contribution >= 0.6 is 0 Å². The maximum Gasteiger partial charge on any atom is 0.213 e. The van der Waals surface area contributed by atoms with Gasteiger partial charge in [-0.15, -0.1) is 0 Å². The average Bonchev–Trinajstić information content (AvgIpc) is 2.37. The Morgan fingerprint density at radius 2 is 1.85 bits per heavy atom. The third-order valence-electron chi connectivity index (χ3n) is 3.11. The highest BCUT2D eigenvalue weighted by molar-refractivity contribution is 5.78. The first-order valence-corrected chi connectivity index (χ1v) is 6.62. The topological polar surface area (TPSA) is 24.9 Å². The van der Waals surface area contributed by atoms with Crippen molar-refractivity contribution < 1.29 is 4.39 Å². The quantitative estimate of drug-likeness (QED) is 0.818. The number of halogens is 1. The summed E-state index contributed by atoms with van der Waals surface area (Å²) in [7, 11) is 0. The van der Waals surface area contributed by atoms with Crippen molar-refractivity contribution in [1.82, 2.24) is 4.98 Å². The molecule has 1 aromatic carbocycles. The fourth-order valence-electron chi connectivity index (χ4n) is 2.08. The largest absolute Gasteiger partial charge is 0.354 e. The fraction of sp³-hybridized carbons (Fsp3) is 0.235. The predicted octanol–water partition coefficient (Wildman–Crippen LogP) is 4.70. The molecule has 0 bridgehead atoms. The summed E-state index contributed by atoms with van der Waals surface area (Å²) < 4.78 is 13.3. The minimum Gasteiger partial charge on any atom is -0.354 e. The molecule has 20 heavy (non-hydrogen) atoms. The van der Waals surface area contributed by atoms with E-state index in [4.69, 9.17) is 0 Å². The third-order valence-corrected chi connectivity index (χ3v) is 3.11. The van der Waals surface area contributed by atoms with Gasteiger partial charge in [-0.1, -0.05) is 29.3 Å². The van der Waals surface area contributed by atoms with Crippen LogP contribution < -0.4 is 5.32 Å². The highest BCUT2D eigenvalue weighted by Gasteiger charge is 2.08. The SMILES string of the molecule is CC(C)=C(Nc1ccc(C)cc1C)c1cccc(F)n1. The number of pyridine rings is 1. The molecular formula is C17H19FN2. The van der Waals surface area contributed by atoms with Crippen molar-refractivity contribution >= 4 is 11.4 Å². The minimum atomic E-state index is -0.469. The van der Waals surface area contributed by atoms with Crippen LogP contribution in [0.4, 0.5) is 10.1 Å². The van der Waals surface area contributed by atoms with E-state index in [9.17, 15) is 4.39 Å². The van der Waals surface area contributed by atoms with Gasteiger partial charge < -0.3 is 5.32 Å². The minimum absolute atomic E-state index is 0.469. The lowest BCUT2D eigenvalue weighted by Crippen LogP contribution is -2.05. The lowest BCUT2D eigenvalue weighted by atomic mass is 10.1. The molecule has 0 saturated heterocycles. The summed E-state index contributed by atoms with van der Waals surface area (Å²) in [5.41, 5.74) is 5.90. The molecule has 2 nitrogen and oxygen atoms in total. The molecule has 1 heterocycles. The molecule has 0 spiro atoms. The Morgan fingerprint density at radius 1 is 1.10 bits per heavy atom. The number of allylic oxidation sites excluding steroid dienone is 1. The first-order chi connectivity index (χ1) is 9.47. The molecule has 0 amide bonds. The predicted molar refractivity (Wildman–Crippen MR) is 82.0 cm³/mol. The molecule has 0 aliphatic rings. The Balaban J connectivity index is 2.39. The van der Waals surface area contributed by atoms with Gasteiger partial charge in [-0.25, -0.2) is 4.98 Å². The molecule has 1 N–H and O–H groups in total. The Morgan fingerprint density at radius 3 is 2.45 bits per heavy atom. The van der Waals surface area contributed by atoms with Crippen LogP contribution in [0.5, 0.6) is 0 Å². The molecule has 0 fully saturated rings. The molecular weight excluding hydrogens is 251 g/mol. The summed E-state index contributed by atoms with van der Waals surface area (Å²) in [5.74, 6) is -0.469. The molecule has 104 valence electrons. The van der Waals surface area contributed by atoms with Crippen molar-refractivity contribution in [2.75, 3.05) is 5.32 Å². The first-order valence-electron chi connectivity index (χ1n) is 6.62. The van der Waals surface area contributed by atoms with Gasteiger partial charge in [0.2, 0.25) is 5.95 Å². The van der Waals surface area contributed by atoms with Crippen LogP contribution in [-0.2, 0) is 0 Å². The highest BCUT2D eigenvalue weighted by Crippen LogP contribution is 2.23. The van der Waals surface area contributed by atoms with Gasteiger partial charge in [-0.2, -0.15) is 4.39 Å². The van der Waals surface area contributed by atoms with E-state index in [-0.39, 0.29) is 0 Å². The standard InChI is InChI=1S/C17H19FN2/c1-11(2)17(15-6-5-7-16(18)19-15)20-14-9-8-12(3)10-13(14)4/h5-10,20H,1-4H3.